The Morgan fingerprint density at radius 3 is 2.58 bits per heavy atom. The summed E-state index contributed by atoms with van der Waals surface area (Å²) in [5, 5.41) is 0. The minimum atomic E-state index is -3.86. The van der Waals surface area contributed by atoms with Crippen LogP contribution in [0.2, 0.25) is 0 Å². The third kappa shape index (κ3) is 4.09. The standard InChI is InChI=1S/C16H17FN2O4S/c1-23-15-7-6-12(10-13(15)16(18)20)24(21,22)19-9-8-11-4-2-3-5-14(11)17/h2-7,10,19H,8-9H2,1H3,(H2,18,20). The van der Waals surface area contributed by atoms with Crippen LogP contribution in [-0.4, -0.2) is 28.0 Å². The van der Waals surface area contributed by atoms with Crippen molar-refractivity contribution in [3.8, 4) is 5.75 Å². The number of benzene rings is 2. The van der Waals surface area contributed by atoms with E-state index in [0.29, 0.717) is 5.56 Å². The van der Waals surface area contributed by atoms with Crippen molar-refractivity contribution in [1.29, 1.82) is 0 Å². The van der Waals surface area contributed by atoms with E-state index in [1.807, 2.05) is 0 Å². The fraction of sp³-hybridized carbons (Fsp3) is 0.188. The van der Waals surface area contributed by atoms with E-state index >= 15 is 0 Å². The Balaban J connectivity index is 2.14. The third-order valence-electron chi connectivity index (χ3n) is 3.39. The number of halogens is 1. The van der Waals surface area contributed by atoms with Crippen molar-refractivity contribution >= 4 is 15.9 Å². The van der Waals surface area contributed by atoms with E-state index < -0.39 is 21.7 Å². The number of ether oxygens (including phenoxy) is 1. The van der Waals surface area contributed by atoms with Crippen LogP contribution in [0.3, 0.4) is 0 Å². The number of nitrogens with two attached hydrogens (primary N) is 1. The van der Waals surface area contributed by atoms with Gasteiger partial charge in [-0.25, -0.2) is 17.5 Å². The number of primary amides is 1. The third-order valence-corrected chi connectivity index (χ3v) is 4.85. The first-order valence-electron chi connectivity index (χ1n) is 7.06. The van der Waals surface area contributed by atoms with Crippen LogP contribution < -0.4 is 15.2 Å². The number of carbonyl (C=O) groups is 1. The zero-order valence-electron chi connectivity index (χ0n) is 13.0. The maximum absolute atomic E-state index is 13.5. The monoisotopic (exact) mass is 352 g/mol. The molecule has 3 N–H and O–H groups in total. The van der Waals surface area contributed by atoms with Crippen LogP contribution in [0.1, 0.15) is 15.9 Å². The van der Waals surface area contributed by atoms with Crippen molar-refractivity contribution in [3.05, 3.63) is 59.4 Å². The van der Waals surface area contributed by atoms with E-state index in [9.17, 15) is 17.6 Å². The van der Waals surface area contributed by atoms with Crippen LogP contribution in [0, 0.1) is 5.82 Å². The number of amides is 1. The highest BCUT2D eigenvalue weighted by Crippen LogP contribution is 2.22. The van der Waals surface area contributed by atoms with Crippen molar-refractivity contribution in [2.24, 2.45) is 5.73 Å². The van der Waals surface area contributed by atoms with Crippen molar-refractivity contribution < 1.29 is 22.3 Å². The van der Waals surface area contributed by atoms with E-state index in [1.165, 1.54) is 25.3 Å². The van der Waals surface area contributed by atoms with E-state index in [0.717, 1.165) is 6.07 Å². The number of hydrogen-bond acceptors (Lipinski definition) is 4. The molecule has 0 spiro atoms. The molecular weight excluding hydrogens is 335 g/mol. The molecule has 0 bridgehead atoms. The van der Waals surface area contributed by atoms with E-state index in [1.54, 1.807) is 18.2 Å². The number of methoxy groups -OCH3 is 1. The summed E-state index contributed by atoms with van der Waals surface area (Å²) in [5.41, 5.74) is 5.60. The molecule has 1 amide bonds. The molecule has 6 nitrogen and oxygen atoms in total. The van der Waals surface area contributed by atoms with Gasteiger partial charge in [0.15, 0.2) is 0 Å². The van der Waals surface area contributed by atoms with Gasteiger partial charge >= 0.3 is 0 Å². The van der Waals surface area contributed by atoms with Gasteiger partial charge in [-0.15, -0.1) is 0 Å². The SMILES string of the molecule is COc1ccc(S(=O)(=O)NCCc2ccccc2F)cc1C(N)=O. The second-order valence-corrected chi connectivity index (χ2v) is 6.73. The van der Waals surface area contributed by atoms with Crippen molar-refractivity contribution in [3.63, 3.8) is 0 Å². The number of rotatable bonds is 7. The van der Waals surface area contributed by atoms with Gasteiger partial charge in [0.05, 0.1) is 17.6 Å². The summed E-state index contributed by atoms with van der Waals surface area (Å²) in [6.45, 7) is 0.0151. The second kappa shape index (κ2) is 7.41. The first kappa shape index (κ1) is 17.9. The fourth-order valence-corrected chi connectivity index (χ4v) is 3.21. The Bertz CT molecular complexity index is 853. The summed E-state index contributed by atoms with van der Waals surface area (Å²) in [6.07, 6.45) is 0.199. The molecule has 0 aliphatic heterocycles. The number of nitrogens with one attached hydrogen (secondary N) is 1. The summed E-state index contributed by atoms with van der Waals surface area (Å²) in [4.78, 5) is 11.3. The van der Waals surface area contributed by atoms with Gasteiger partial charge in [-0.1, -0.05) is 18.2 Å². The lowest BCUT2D eigenvalue weighted by molar-refractivity contribution is 0.0997. The van der Waals surface area contributed by atoms with Crippen LogP contribution in [0.5, 0.6) is 5.75 Å². The Morgan fingerprint density at radius 2 is 1.96 bits per heavy atom. The second-order valence-electron chi connectivity index (χ2n) is 4.97. The summed E-state index contributed by atoms with van der Waals surface area (Å²) in [6, 6.07) is 9.94. The molecule has 2 rings (SSSR count). The maximum Gasteiger partial charge on any atom is 0.252 e. The summed E-state index contributed by atoms with van der Waals surface area (Å²) < 4.78 is 45.4. The zero-order chi connectivity index (χ0) is 17.7. The van der Waals surface area contributed by atoms with Gasteiger partial charge < -0.3 is 10.5 Å². The molecule has 0 aromatic heterocycles. The van der Waals surface area contributed by atoms with Crippen LogP contribution >= 0.6 is 0 Å². The summed E-state index contributed by atoms with van der Waals surface area (Å²) in [5.74, 6) is -1.000. The van der Waals surface area contributed by atoms with Gasteiger partial charge in [-0.2, -0.15) is 0 Å². The highest BCUT2D eigenvalue weighted by Gasteiger charge is 2.18. The zero-order valence-corrected chi connectivity index (χ0v) is 13.8. The minimum absolute atomic E-state index is 0.0151. The average Bonchev–Trinajstić information content (AvgIpc) is 2.55. The summed E-state index contributed by atoms with van der Waals surface area (Å²) >= 11 is 0. The molecule has 0 atom stereocenters. The Morgan fingerprint density at radius 1 is 1.25 bits per heavy atom. The van der Waals surface area contributed by atoms with Crippen LogP contribution in [0.15, 0.2) is 47.4 Å². The summed E-state index contributed by atoms with van der Waals surface area (Å²) in [7, 11) is -2.51. The highest BCUT2D eigenvalue weighted by molar-refractivity contribution is 7.89. The molecule has 0 aliphatic rings. The molecule has 0 heterocycles. The van der Waals surface area contributed by atoms with Gasteiger partial charge in [0.25, 0.3) is 5.91 Å². The highest BCUT2D eigenvalue weighted by atomic mass is 32.2. The molecule has 8 heteroatoms. The van der Waals surface area contributed by atoms with Crippen molar-refractivity contribution in [2.75, 3.05) is 13.7 Å². The number of hydrogen-bond donors (Lipinski definition) is 2. The lowest BCUT2D eigenvalue weighted by atomic mass is 10.1. The predicted molar refractivity (Wildman–Crippen MR) is 86.8 cm³/mol. The van der Waals surface area contributed by atoms with Gasteiger partial charge in [-0.3, -0.25) is 4.79 Å². The van der Waals surface area contributed by atoms with Crippen molar-refractivity contribution in [2.45, 2.75) is 11.3 Å². The van der Waals surface area contributed by atoms with Crippen molar-refractivity contribution in [1.82, 2.24) is 4.72 Å². The molecule has 0 saturated heterocycles. The quantitative estimate of drug-likeness (QED) is 0.788. The van der Waals surface area contributed by atoms with E-state index in [4.69, 9.17) is 10.5 Å². The van der Waals surface area contributed by atoms with Gasteiger partial charge in [0, 0.05) is 6.54 Å². The average molecular weight is 352 g/mol. The smallest absolute Gasteiger partial charge is 0.252 e. The maximum atomic E-state index is 13.5. The topological polar surface area (TPSA) is 98.5 Å². The predicted octanol–water partition coefficient (Wildman–Crippen LogP) is 1.45. The molecule has 0 aliphatic carbocycles. The molecule has 0 saturated carbocycles. The Labute approximate surface area is 139 Å². The normalized spacial score (nSPS) is 11.2. The fourth-order valence-electron chi connectivity index (χ4n) is 2.15. The van der Waals surface area contributed by atoms with E-state index in [2.05, 4.69) is 4.72 Å². The van der Waals surface area contributed by atoms with Crippen LogP contribution in [0.4, 0.5) is 4.39 Å². The van der Waals surface area contributed by atoms with E-state index in [-0.39, 0.29) is 29.2 Å². The number of carbonyl (C=O) groups excluding carboxylic acids is 1. The largest absolute Gasteiger partial charge is 0.496 e. The Kier molecular flexibility index (Phi) is 5.53. The van der Waals surface area contributed by atoms with Gasteiger partial charge in [0.1, 0.15) is 11.6 Å². The Hall–Kier alpha value is -2.45. The number of sulfonamides is 1. The molecule has 0 radical (unpaired) electrons. The molecule has 24 heavy (non-hydrogen) atoms. The van der Waals surface area contributed by atoms with Crippen LogP contribution in [0.25, 0.3) is 0 Å². The molecule has 0 unspecified atom stereocenters. The molecule has 128 valence electrons. The first-order chi connectivity index (χ1) is 11.3. The van der Waals surface area contributed by atoms with Gasteiger partial charge in [0.2, 0.25) is 10.0 Å². The lowest BCUT2D eigenvalue weighted by Gasteiger charge is -2.10. The molecular formula is C16H17FN2O4S. The van der Waals surface area contributed by atoms with Crippen LogP contribution in [-0.2, 0) is 16.4 Å². The lowest BCUT2D eigenvalue weighted by Crippen LogP contribution is -2.26. The molecule has 0 fully saturated rings. The molecule has 2 aromatic carbocycles. The molecule has 2 aromatic rings. The minimum Gasteiger partial charge on any atom is -0.496 e. The first-order valence-corrected chi connectivity index (χ1v) is 8.54. The van der Waals surface area contributed by atoms with Gasteiger partial charge in [-0.05, 0) is 36.2 Å².